The lowest BCUT2D eigenvalue weighted by molar-refractivity contribution is 0.0505. The van der Waals surface area contributed by atoms with Crippen molar-refractivity contribution >= 4 is 6.09 Å². The Morgan fingerprint density at radius 1 is 1.23 bits per heavy atom. The molecule has 3 atom stereocenters. The van der Waals surface area contributed by atoms with E-state index in [0.29, 0.717) is 12.1 Å². The highest BCUT2D eigenvalue weighted by atomic mass is 16.6. The molecule has 0 aromatic heterocycles. The maximum absolute atomic E-state index is 11.8. The molecule has 1 aliphatic heterocycles. The zero-order valence-electron chi connectivity index (χ0n) is 14.7. The second kappa shape index (κ2) is 7.64. The number of nitrogens with zero attached hydrogens (tertiary/aromatic N) is 1. The summed E-state index contributed by atoms with van der Waals surface area (Å²) in [5, 5.41) is 6.67. The van der Waals surface area contributed by atoms with Gasteiger partial charge in [-0.1, -0.05) is 0 Å². The maximum atomic E-state index is 11.8. The summed E-state index contributed by atoms with van der Waals surface area (Å²) < 4.78 is 5.32. The minimum atomic E-state index is -0.425. The van der Waals surface area contributed by atoms with Crippen LogP contribution in [0.4, 0.5) is 4.79 Å². The summed E-state index contributed by atoms with van der Waals surface area (Å²) in [6, 6.07) is 1.37. The van der Waals surface area contributed by atoms with E-state index in [2.05, 4.69) is 22.5 Å². The molecule has 1 amide bonds. The molecule has 128 valence electrons. The average Bonchev–Trinajstić information content (AvgIpc) is 3.04. The minimum Gasteiger partial charge on any atom is -0.444 e. The maximum Gasteiger partial charge on any atom is 0.407 e. The van der Waals surface area contributed by atoms with E-state index in [1.54, 1.807) is 0 Å². The summed E-state index contributed by atoms with van der Waals surface area (Å²) in [6.07, 6.45) is 5.57. The Balaban J connectivity index is 1.64. The molecule has 1 saturated carbocycles. The normalized spacial score (nSPS) is 27.8. The number of nitrogens with one attached hydrogen (secondary N) is 2. The molecule has 0 aromatic carbocycles. The lowest BCUT2D eigenvalue weighted by Gasteiger charge is -2.26. The Kier molecular flexibility index (Phi) is 6.09. The molecule has 1 heterocycles. The molecular formula is C17H33N3O2. The van der Waals surface area contributed by atoms with Gasteiger partial charge < -0.3 is 15.4 Å². The Morgan fingerprint density at radius 3 is 2.50 bits per heavy atom. The second-order valence-corrected chi connectivity index (χ2v) is 7.85. The molecule has 2 rings (SSSR count). The molecule has 0 spiro atoms. The van der Waals surface area contributed by atoms with Gasteiger partial charge in [0.25, 0.3) is 0 Å². The van der Waals surface area contributed by atoms with Crippen molar-refractivity contribution in [1.29, 1.82) is 0 Å². The van der Waals surface area contributed by atoms with E-state index in [9.17, 15) is 4.79 Å². The van der Waals surface area contributed by atoms with E-state index in [0.717, 1.165) is 25.8 Å². The van der Waals surface area contributed by atoms with Gasteiger partial charge >= 0.3 is 6.09 Å². The van der Waals surface area contributed by atoms with Crippen molar-refractivity contribution in [2.75, 3.05) is 19.6 Å². The highest BCUT2D eigenvalue weighted by Gasteiger charge is 2.28. The first-order valence-corrected chi connectivity index (χ1v) is 8.80. The smallest absolute Gasteiger partial charge is 0.407 e. The fourth-order valence-electron chi connectivity index (χ4n) is 3.42. The lowest BCUT2D eigenvalue weighted by atomic mass is 10.2. The van der Waals surface area contributed by atoms with Crippen molar-refractivity contribution < 1.29 is 9.53 Å². The molecule has 0 aromatic rings. The molecule has 2 aliphatic rings. The third-order valence-corrected chi connectivity index (χ3v) is 4.62. The minimum absolute atomic E-state index is 0.245. The Labute approximate surface area is 135 Å². The number of ether oxygens (including phenoxy) is 1. The molecule has 1 saturated heterocycles. The first-order chi connectivity index (χ1) is 10.3. The zero-order valence-corrected chi connectivity index (χ0v) is 14.7. The summed E-state index contributed by atoms with van der Waals surface area (Å²) in [7, 11) is 0. The van der Waals surface area contributed by atoms with Crippen LogP contribution >= 0.6 is 0 Å². The van der Waals surface area contributed by atoms with Crippen molar-refractivity contribution in [3.05, 3.63) is 0 Å². The van der Waals surface area contributed by atoms with Gasteiger partial charge in [0, 0.05) is 24.7 Å². The van der Waals surface area contributed by atoms with Crippen LogP contribution in [0.3, 0.4) is 0 Å². The molecular weight excluding hydrogens is 278 g/mol. The van der Waals surface area contributed by atoms with Gasteiger partial charge in [0.2, 0.25) is 0 Å². The van der Waals surface area contributed by atoms with Gasteiger partial charge in [0.1, 0.15) is 5.60 Å². The number of carbonyl (C=O) groups is 1. The third kappa shape index (κ3) is 5.76. The highest BCUT2D eigenvalue weighted by molar-refractivity contribution is 5.68. The van der Waals surface area contributed by atoms with Crippen LogP contribution in [0.15, 0.2) is 0 Å². The fourth-order valence-corrected chi connectivity index (χ4v) is 3.42. The Hall–Kier alpha value is -0.810. The van der Waals surface area contributed by atoms with Crippen LogP contribution in [-0.4, -0.2) is 54.4 Å². The number of rotatable bonds is 5. The Bertz CT molecular complexity index is 361. The number of carbonyl (C=O) groups excluding carboxylic acids is 1. The molecule has 3 unspecified atom stereocenters. The summed E-state index contributed by atoms with van der Waals surface area (Å²) >= 11 is 0. The molecule has 2 fully saturated rings. The van der Waals surface area contributed by atoms with E-state index in [1.165, 1.54) is 25.9 Å². The van der Waals surface area contributed by atoms with Gasteiger partial charge in [0.05, 0.1) is 0 Å². The molecule has 1 aliphatic carbocycles. The number of amides is 1. The van der Waals surface area contributed by atoms with Gasteiger partial charge in [-0.05, 0) is 72.9 Å². The van der Waals surface area contributed by atoms with Crippen LogP contribution in [-0.2, 0) is 4.74 Å². The summed E-state index contributed by atoms with van der Waals surface area (Å²) in [5.74, 6) is 0. The standard InChI is InChI=1S/C17H33N3O2/c1-13(20-9-5-6-10-20)12-18-14-7-8-15(11-14)19-16(21)22-17(2,3)4/h13-15,18H,5-12H2,1-4H3,(H,19,21). The number of hydrogen-bond donors (Lipinski definition) is 2. The lowest BCUT2D eigenvalue weighted by Crippen LogP contribution is -2.42. The van der Waals surface area contributed by atoms with Crippen LogP contribution in [0.1, 0.15) is 59.8 Å². The fraction of sp³-hybridized carbons (Fsp3) is 0.941. The predicted octanol–water partition coefficient (Wildman–Crippen LogP) is 2.51. The first-order valence-electron chi connectivity index (χ1n) is 8.80. The van der Waals surface area contributed by atoms with E-state index < -0.39 is 5.60 Å². The highest BCUT2D eigenvalue weighted by Crippen LogP contribution is 2.20. The molecule has 5 nitrogen and oxygen atoms in total. The number of alkyl carbamates (subject to hydrolysis) is 1. The topological polar surface area (TPSA) is 53.6 Å². The van der Waals surface area contributed by atoms with Crippen LogP contribution in [0, 0.1) is 0 Å². The van der Waals surface area contributed by atoms with Crippen molar-refractivity contribution in [3.8, 4) is 0 Å². The third-order valence-electron chi connectivity index (χ3n) is 4.62. The number of hydrogen-bond acceptors (Lipinski definition) is 4. The van der Waals surface area contributed by atoms with Crippen molar-refractivity contribution in [1.82, 2.24) is 15.5 Å². The van der Waals surface area contributed by atoms with Gasteiger partial charge in [-0.3, -0.25) is 4.90 Å². The largest absolute Gasteiger partial charge is 0.444 e. The van der Waals surface area contributed by atoms with E-state index in [-0.39, 0.29) is 12.1 Å². The number of likely N-dealkylation sites (tertiary alicyclic amines) is 1. The molecule has 0 bridgehead atoms. The van der Waals surface area contributed by atoms with E-state index >= 15 is 0 Å². The van der Waals surface area contributed by atoms with Gasteiger partial charge in [0.15, 0.2) is 0 Å². The van der Waals surface area contributed by atoms with Gasteiger partial charge in [-0.25, -0.2) is 4.79 Å². The van der Waals surface area contributed by atoms with Gasteiger partial charge in [-0.15, -0.1) is 0 Å². The molecule has 0 radical (unpaired) electrons. The summed E-state index contributed by atoms with van der Waals surface area (Å²) in [4.78, 5) is 14.4. The molecule has 5 heteroatoms. The Morgan fingerprint density at radius 2 is 1.86 bits per heavy atom. The van der Waals surface area contributed by atoms with E-state index in [1.807, 2.05) is 20.8 Å². The SMILES string of the molecule is CC(CNC1CCC(NC(=O)OC(C)(C)C)C1)N1CCCC1. The zero-order chi connectivity index (χ0) is 16.2. The average molecular weight is 311 g/mol. The van der Waals surface area contributed by atoms with Crippen molar-refractivity contribution in [2.45, 2.75) is 83.5 Å². The van der Waals surface area contributed by atoms with Gasteiger partial charge in [-0.2, -0.15) is 0 Å². The predicted molar refractivity (Wildman–Crippen MR) is 89.1 cm³/mol. The quantitative estimate of drug-likeness (QED) is 0.819. The summed E-state index contributed by atoms with van der Waals surface area (Å²) in [5.41, 5.74) is -0.425. The van der Waals surface area contributed by atoms with Crippen molar-refractivity contribution in [3.63, 3.8) is 0 Å². The van der Waals surface area contributed by atoms with E-state index in [4.69, 9.17) is 4.74 Å². The van der Waals surface area contributed by atoms with Crippen LogP contribution in [0.25, 0.3) is 0 Å². The molecule has 2 N–H and O–H groups in total. The monoisotopic (exact) mass is 311 g/mol. The first kappa shape index (κ1) is 17.5. The van der Waals surface area contributed by atoms with Crippen LogP contribution in [0.2, 0.25) is 0 Å². The summed E-state index contributed by atoms with van der Waals surface area (Å²) in [6.45, 7) is 11.5. The van der Waals surface area contributed by atoms with Crippen LogP contribution < -0.4 is 10.6 Å². The second-order valence-electron chi connectivity index (χ2n) is 7.85. The van der Waals surface area contributed by atoms with Crippen LogP contribution in [0.5, 0.6) is 0 Å². The van der Waals surface area contributed by atoms with Crippen molar-refractivity contribution in [2.24, 2.45) is 0 Å². The molecule has 22 heavy (non-hydrogen) atoms.